The van der Waals surface area contributed by atoms with Crippen LogP contribution in [0.1, 0.15) is 18.1 Å². The number of aromatic nitrogens is 9. The molecule has 0 saturated carbocycles. The van der Waals surface area contributed by atoms with Crippen molar-refractivity contribution in [2.24, 2.45) is 0 Å². The maximum Gasteiger partial charge on any atom is 3.00 e. The predicted molar refractivity (Wildman–Crippen MR) is 178 cm³/mol. The Labute approximate surface area is 291 Å². The second-order valence-corrected chi connectivity index (χ2v) is 11.3. The molecule has 0 aliphatic carbocycles. The smallest absolute Gasteiger partial charge is 0.550 e. The number of hydrogen-bond acceptors (Lipinski definition) is 7. The van der Waals surface area contributed by atoms with Crippen molar-refractivity contribution in [3.8, 4) is 0 Å². The van der Waals surface area contributed by atoms with E-state index in [1.54, 1.807) is 24.8 Å². The second-order valence-electron chi connectivity index (χ2n) is 11.3. The first-order chi connectivity index (χ1) is 22.4. The molecule has 0 bridgehead atoms. The molecule has 5 heterocycles. The molecule has 7 rings (SSSR count). The number of rotatable bonds is 8. The third-order valence-corrected chi connectivity index (χ3v) is 8.33. The molecule has 14 heteroatoms. The molecule has 230 valence electrons. The Balaban J connectivity index is 0.000000822. The van der Waals surface area contributed by atoms with Gasteiger partial charge in [-0.2, -0.15) is 10.9 Å². The monoisotopic (exact) mass is 653 g/mol. The molecule has 0 aliphatic rings. The van der Waals surface area contributed by atoms with Gasteiger partial charge in [-0.15, -0.1) is 0 Å². The number of aliphatic carboxylic acids is 1. The summed E-state index contributed by atoms with van der Waals surface area (Å²) in [6, 6.07) is 31.0. The Morgan fingerprint density at radius 3 is 1.11 bits per heavy atom. The standard InChI is InChI=1S/C31H29B2N9.C2H4O2.Sc/c1-26-10-14-28(15-11-26)32(39-22-4-18-34-39,40-23-5-19-35-40)30-8-3-9-31(38-30)33(41-24-6-20-36-41,42-25-7-21-37-42)29-16-12-27(2)13-17-29;1-2(3)4;/h3-25H,1-2H3;1H3,(H,3,4);/q-2;;+3/p-1. The molecule has 0 spiro atoms. The van der Waals surface area contributed by atoms with Crippen LogP contribution in [0.15, 0.2) is 141 Å². The molecule has 0 radical (unpaired) electrons. The van der Waals surface area contributed by atoms with E-state index in [1.807, 2.05) is 67.4 Å². The molecule has 7 aromatic rings. The normalized spacial score (nSPS) is 11.3. The van der Waals surface area contributed by atoms with Crippen molar-refractivity contribution in [1.82, 2.24) is 43.7 Å². The summed E-state index contributed by atoms with van der Waals surface area (Å²) in [6.07, 6.45) is 11.2. The number of carbonyl (C=O) groups is 1. The van der Waals surface area contributed by atoms with Crippen molar-refractivity contribution in [1.29, 1.82) is 0 Å². The van der Waals surface area contributed by atoms with Crippen LogP contribution in [-0.4, -0.2) is 62.6 Å². The van der Waals surface area contributed by atoms with Gasteiger partial charge in [0.2, 0.25) is 0 Å². The molecule has 0 aliphatic heterocycles. The summed E-state index contributed by atoms with van der Waals surface area (Å²) in [4.78, 5) is 14.4. The summed E-state index contributed by atoms with van der Waals surface area (Å²) in [6.45, 7) is 5.15. The maximum absolute atomic E-state index is 8.89. The summed E-state index contributed by atoms with van der Waals surface area (Å²) < 4.78 is 7.91. The Morgan fingerprint density at radius 2 is 0.851 bits per heavy atom. The van der Waals surface area contributed by atoms with Gasteiger partial charge in [0.1, 0.15) is 0 Å². The molecular formula is C33H32B2N9O2Sc. The van der Waals surface area contributed by atoms with Crippen molar-refractivity contribution in [2.75, 3.05) is 0 Å². The molecule has 0 atom stereocenters. The summed E-state index contributed by atoms with van der Waals surface area (Å²) in [5, 5.41) is 28.1. The predicted octanol–water partition coefficient (Wildman–Crippen LogP) is 0.544. The van der Waals surface area contributed by atoms with Gasteiger partial charge in [0.05, 0.1) is 0 Å². The van der Waals surface area contributed by atoms with Crippen LogP contribution in [0.2, 0.25) is 0 Å². The Kier molecular flexibility index (Phi) is 10.00. The zero-order valence-corrected chi connectivity index (χ0v) is 28.2. The minimum Gasteiger partial charge on any atom is -0.550 e. The van der Waals surface area contributed by atoms with Crippen LogP contribution in [0.4, 0.5) is 0 Å². The number of hydrogen-bond donors (Lipinski definition) is 0. The van der Waals surface area contributed by atoms with Gasteiger partial charge < -0.3 is 33.3 Å². The van der Waals surface area contributed by atoms with Crippen LogP contribution in [0, 0.1) is 13.8 Å². The first-order valence-electron chi connectivity index (χ1n) is 15.0. The zero-order chi connectivity index (χ0) is 32.1. The largest absolute Gasteiger partial charge is 3.00 e. The fraction of sp³-hybridized carbons (Fsp3) is 0.0909. The van der Waals surface area contributed by atoms with E-state index in [-0.39, 0.29) is 25.8 Å². The molecule has 0 amide bonds. The van der Waals surface area contributed by atoms with Crippen LogP contribution >= 0.6 is 0 Å². The number of aryl methyl sites for hydroxylation is 2. The average Bonchev–Trinajstić information content (AvgIpc) is 3.89. The van der Waals surface area contributed by atoms with Gasteiger partial charge >= 0.3 is 25.8 Å². The second kappa shape index (κ2) is 14.1. The molecule has 2 aromatic carbocycles. The van der Waals surface area contributed by atoms with E-state index >= 15 is 0 Å². The molecule has 5 aromatic heterocycles. The number of carboxylic acids is 1. The van der Waals surface area contributed by atoms with Gasteiger partial charge in [0.25, 0.3) is 12.8 Å². The van der Waals surface area contributed by atoms with Crippen molar-refractivity contribution in [3.05, 3.63) is 152 Å². The fourth-order valence-corrected chi connectivity index (χ4v) is 6.33. The van der Waals surface area contributed by atoms with E-state index in [0.717, 1.165) is 29.0 Å². The van der Waals surface area contributed by atoms with Crippen LogP contribution in [-0.2, 0) is 30.6 Å². The quantitative estimate of drug-likeness (QED) is 0.220. The van der Waals surface area contributed by atoms with Gasteiger partial charge in [-0.1, -0.05) is 89.0 Å². The molecule has 0 unspecified atom stereocenters. The minimum atomic E-state index is -1.98. The van der Waals surface area contributed by atoms with Gasteiger partial charge in [0, 0.05) is 30.8 Å². The number of carbonyl (C=O) groups excluding carboxylic acids is 1. The third kappa shape index (κ3) is 6.08. The number of carboxylic acid groups (broad SMARTS) is 1. The maximum atomic E-state index is 8.89. The van der Waals surface area contributed by atoms with Crippen LogP contribution in [0.25, 0.3) is 0 Å². The summed E-state index contributed by atoms with van der Waals surface area (Å²) >= 11 is 0. The molecular weight excluding hydrogens is 621 g/mol. The fourth-order valence-electron chi connectivity index (χ4n) is 6.33. The van der Waals surface area contributed by atoms with Crippen molar-refractivity contribution in [2.45, 2.75) is 20.8 Å². The molecule has 11 nitrogen and oxygen atoms in total. The molecule has 0 fully saturated rings. The number of pyridine rings is 1. The third-order valence-electron chi connectivity index (χ3n) is 8.33. The van der Waals surface area contributed by atoms with Crippen molar-refractivity contribution in [3.63, 3.8) is 0 Å². The van der Waals surface area contributed by atoms with Crippen molar-refractivity contribution >= 4 is 40.9 Å². The number of benzene rings is 2. The van der Waals surface area contributed by atoms with E-state index in [4.69, 9.17) is 35.3 Å². The van der Waals surface area contributed by atoms with E-state index in [1.165, 1.54) is 11.1 Å². The van der Waals surface area contributed by atoms with Gasteiger partial charge in [-0.05, 0) is 69.8 Å². The Hall–Kier alpha value is -5.10. The van der Waals surface area contributed by atoms with Crippen LogP contribution < -0.4 is 27.2 Å². The molecule has 47 heavy (non-hydrogen) atoms. The van der Waals surface area contributed by atoms with Crippen LogP contribution in [0.3, 0.4) is 0 Å². The van der Waals surface area contributed by atoms with Crippen molar-refractivity contribution < 1.29 is 35.7 Å². The van der Waals surface area contributed by atoms with E-state index in [2.05, 4.69) is 80.6 Å². The van der Waals surface area contributed by atoms with Gasteiger partial charge in [0.15, 0.2) is 0 Å². The zero-order valence-electron chi connectivity index (χ0n) is 26.4. The van der Waals surface area contributed by atoms with E-state index < -0.39 is 18.8 Å². The minimum absolute atomic E-state index is 0. The van der Waals surface area contributed by atoms with Crippen LogP contribution in [0.5, 0.6) is 0 Å². The average molecular weight is 653 g/mol. The summed E-state index contributed by atoms with van der Waals surface area (Å²) in [5.41, 5.74) is 6.02. The van der Waals surface area contributed by atoms with Gasteiger partial charge in [-0.3, -0.25) is 0 Å². The molecule has 0 N–H and O–H groups in total. The SMILES string of the molecule is CC(=O)[O-].Cc1ccc([B-](c2cccc([B-](c3ccc(C)cc3)(n3cccn3)n3cccn3)n2)(n2cccn2)n2cccn2)cc1.[Sc+3]. The van der Waals surface area contributed by atoms with E-state index in [9.17, 15) is 0 Å². The first kappa shape index (κ1) is 33.3. The topological polar surface area (TPSA) is 124 Å². The first-order valence-corrected chi connectivity index (χ1v) is 15.0. The Bertz CT molecular complexity index is 1790. The number of nitrogens with zero attached hydrogens (tertiary/aromatic N) is 9. The summed E-state index contributed by atoms with van der Waals surface area (Å²) in [7, 11) is 0. The summed E-state index contributed by atoms with van der Waals surface area (Å²) in [5.74, 6) is -1.08. The molecule has 0 saturated heterocycles. The Morgan fingerprint density at radius 1 is 0.553 bits per heavy atom. The van der Waals surface area contributed by atoms with Gasteiger partial charge in [-0.25, -0.2) is 20.4 Å². The van der Waals surface area contributed by atoms with E-state index in [0.29, 0.717) is 0 Å².